The van der Waals surface area contributed by atoms with Gasteiger partial charge in [-0.25, -0.2) is 9.97 Å². The van der Waals surface area contributed by atoms with Crippen LogP contribution in [0.5, 0.6) is 0 Å². The molecule has 1 aliphatic rings. The Kier molecular flexibility index (Phi) is 3.12. The van der Waals surface area contributed by atoms with Crippen molar-refractivity contribution in [1.82, 2.24) is 9.97 Å². The summed E-state index contributed by atoms with van der Waals surface area (Å²) in [6.45, 7) is 2.10. The van der Waals surface area contributed by atoms with Gasteiger partial charge in [-0.1, -0.05) is 0 Å². The van der Waals surface area contributed by atoms with E-state index in [1.807, 2.05) is 19.0 Å². The summed E-state index contributed by atoms with van der Waals surface area (Å²) in [6.07, 6.45) is 5.35. The first-order valence-electron chi connectivity index (χ1n) is 5.73. The first kappa shape index (κ1) is 11.0. The Labute approximate surface area is 96.3 Å². The van der Waals surface area contributed by atoms with Gasteiger partial charge in [0.1, 0.15) is 12.0 Å². The average molecular weight is 221 g/mol. The third kappa shape index (κ3) is 2.03. The lowest BCUT2D eigenvalue weighted by molar-refractivity contribution is 0.573. The molecule has 0 unspecified atom stereocenters. The SMILES string of the molecule is CN(C)c1ncnc(N2CCCCC2)c1N. The van der Waals surface area contributed by atoms with Crippen LogP contribution in [-0.2, 0) is 0 Å². The van der Waals surface area contributed by atoms with Crippen LogP contribution in [-0.4, -0.2) is 37.2 Å². The summed E-state index contributed by atoms with van der Waals surface area (Å²) in [5, 5.41) is 0. The van der Waals surface area contributed by atoms with E-state index < -0.39 is 0 Å². The zero-order valence-electron chi connectivity index (χ0n) is 9.98. The fourth-order valence-electron chi connectivity index (χ4n) is 2.09. The molecule has 0 aromatic carbocycles. The van der Waals surface area contributed by atoms with E-state index >= 15 is 0 Å². The molecule has 0 amide bonds. The minimum absolute atomic E-state index is 0.689. The lowest BCUT2D eigenvalue weighted by Crippen LogP contribution is -2.31. The maximum Gasteiger partial charge on any atom is 0.157 e. The van der Waals surface area contributed by atoms with Crippen LogP contribution in [0.3, 0.4) is 0 Å². The fourth-order valence-corrected chi connectivity index (χ4v) is 2.09. The van der Waals surface area contributed by atoms with Gasteiger partial charge in [0.15, 0.2) is 11.6 Å². The number of nitrogen functional groups attached to an aromatic ring is 1. The van der Waals surface area contributed by atoms with Crippen molar-refractivity contribution in [3.8, 4) is 0 Å². The van der Waals surface area contributed by atoms with Crippen molar-refractivity contribution < 1.29 is 0 Å². The number of anilines is 3. The summed E-state index contributed by atoms with van der Waals surface area (Å²) in [7, 11) is 3.89. The van der Waals surface area contributed by atoms with E-state index in [1.54, 1.807) is 6.33 Å². The van der Waals surface area contributed by atoms with Crippen molar-refractivity contribution in [3.63, 3.8) is 0 Å². The normalized spacial score (nSPS) is 16.2. The second-order valence-corrected chi connectivity index (χ2v) is 4.38. The lowest BCUT2D eigenvalue weighted by Gasteiger charge is -2.29. The number of aromatic nitrogens is 2. The van der Waals surface area contributed by atoms with Crippen molar-refractivity contribution in [1.29, 1.82) is 0 Å². The second kappa shape index (κ2) is 4.55. The molecule has 5 heteroatoms. The summed E-state index contributed by atoms with van der Waals surface area (Å²) < 4.78 is 0. The largest absolute Gasteiger partial charge is 0.393 e. The summed E-state index contributed by atoms with van der Waals surface area (Å²) in [5.41, 5.74) is 6.80. The predicted octanol–water partition coefficient (Wildman–Crippen LogP) is 1.12. The molecule has 1 aromatic heterocycles. The first-order chi connectivity index (χ1) is 7.70. The fraction of sp³-hybridized carbons (Fsp3) is 0.636. The van der Waals surface area contributed by atoms with Crippen LogP contribution >= 0.6 is 0 Å². The van der Waals surface area contributed by atoms with Crippen LogP contribution in [0.25, 0.3) is 0 Å². The van der Waals surface area contributed by atoms with Gasteiger partial charge in [-0.05, 0) is 19.3 Å². The quantitative estimate of drug-likeness (QED) is 0.811. The Morgan fingerprint density at radius 2 is 1.88 bits per heavy atom. The van der Waals surface area contributed by atoms with Crippen LogP contribution in [0.15, 0.2) is 6.33 Å². The van der Waals surface area contributed by atoms with Gasteiger partial charge in [-0.3, -0.25) is 0 Å². The van der Waals surface area contributed by atoms with Crippen LogP contribution in [0.2, 0.25) is 0 Å². The van der Waals surface area contributed by atoms with E-state index in [1.165, 1.54) is 19.3 Å². The maximum absolute atomic E-state index is 6.11. The number of rotatable bonds is 2. The predicted molar refractivity (Wildman–Crippen MR) is 66.8 cm³/mol. The molecule has 1 aliphatic heterocycles. The zero-order valence-corrected chi connectivity index (χ0v) is 9.98. The maximum atomic E-state index is 6.11. The summed E-state index contributed by atoms with van der Waals surface area (Å²) in [6, 6.07) is 0. The molecule has 88 valence electrons. The summed E-state index contributed by atoms with van der Waals surface area (Å²) >= 11 is 0. The monoisotopic (exact) mass is 221 g/mol. The van der Waals surface area contributed by atoms with Gasteiger partial charge in [0.05, 0.1) is 0 Å². The molecule has 0 radical (unpaired) electrons. The molecule has 5 nitrogen and oxygen atoms in total. The zero-order chi connectivity index (χ0) is 11.5. The van der Waals surface area contributed by atoms with Crippen molar-refractivity contribution in [2.45, 2.75) is 19.3 Å². The van der Waals surface area contributed by atoms with E-state index in [0.29, 0.717) is 5.69 Å². The third-order valence-corrected chi connectivity index (χ3v) is 2.92. The smallest absolute Gasteiger partial charge is 0.157 e. The number of piperidine rings is 1. The highest BCUT2D eigenvalue weighted by molar-refractivity contribution is 5.75. The van der Waals surface area contributed by atoms with Gasteiger partial charge in [0, 0.05) is 27.2 Å². The van der Waals surface area contributed by atoms with Crippen molar-refractivity contribution in [2.75, 3.05) is 42.7 Å². The van der Waals surface area contributed by atoms with Crippen LogP contribution in [0.1, 0.15) is 19.3 Å². The molecule has 0 atom stereocenters. The van der Waals surface area contributed by atoms with E-state index in [9.17, 15) is 0 Å². The summed E-state index contributed by atoms with van der Waals surface area (Å²) in [5.74, 6) is 1.69. The van der Waals surface area contributed by atoms with Gasteiger partial charge < -0.3 is 15.5 Å². The van der Waals surface area contributed by atoms with E-state index in [2.05, 4.69) is 14.9 Å². The molecule has 1 fully saturated rings. The number of hydrogen-bond donors (Lipinski definition) is 1. The average Bonchev–Trinajstić information content (AvgIpc) is 2.30. The molecular weight excluding hydrogens is 202 g/mol. The van der Waals surface area contributed by atoms with Crippen molar-refractivity contribution in [3.05, 3.63) is 6.33 Å². The second-order valence-electron chi connectivity index (χ2n) is 4.38. The minimum atomic E-state index is 0.689. The van der Waals surface area contributed by atoms with Crippen LogP contribution in [0.4, 0.5) is 17.3 Å². The van der Waals surface area contributed by atoms with Gasteiger partial charge in [-0.2, -0.15) is 0 Å². The van der Waals surface area contributed by atoms with E-state index in [-0.39, 0.29) is 0 Å². The van der Waals surface area contributed by atoms with Crippen LogP contribution in [0, 0.1) is 0 Å². The first-order valence-corrected chi connectivity index (χ1v) is 5.73. The lowest BCUT2D eigenvalue weighted by atomic mass is 10.1. The standard InChI is InChI=1S/C11H19N5/c1-15(2)10-9(12)11(14-8-13-10)16-6-4-3-5-7-16/h8H,3-7,12H2,1-2H3. The van der Waals surface area contributed by atoms with Gasteiger partial charge in [0.2, 0.25) is 0 Å². The highest BCUT2D eigenvalue weighted by atomic mass is 15.2. The Morgan fingerprint density at radius 3 is 2.50 bits per heavy atom. The van der Waals surface area contributed by atoms with E-state index in [4.69, 9.17) is 5.73 Å². The minimum Gasteiger partial charge on any atom is -0.393 e. The Bertz CT molecular complexity index is 357. The molecule has 0 aliphatic carbocycles. The van der Waals surface area contributed by atoms with Gasteiger partial charge >= 0.3 is 0 Å². The Balaban J connectivity index is 2.29. The molecule has 1 saturated heterocycles. The molecule has 2 rings (SSSR count). The molecule has 16 heavy (non-hydrogen) atoms. The molecular formula is C11H19N5. The van der Waals surface area contributed by atoms with Gasteiger partial charge in [0.25, 0.3) is 0 Å². The summed E-state index contributed by atoms with van der Waals surface area (Å²) in [4.78, 5) is 12.7. The number of hydrogen-bond acceptors (Lipinski definition) is 5. The molecule has 0 spiro atoms. The highest BCUT2D eigenvalue weighted by Gasteiger charge is 2.17. The highest BCUT2D eigenvalue weighted by Crippen LogP contribution is 2.29. The third-order valence-electron chi connectivity index (χ3n) is 2.92. The molecule has 2 N–H and O–H groups in total. The number of nitrogens with two attached hydrogens (primary N) is 1. The number of nitrogens with zero attached hydrogens (tertiary/aromatic N) is 4. The molecule has 0 bridgehead atoms. The van der Waals surface area contributed by atoms with Crippen LogP contribution < -0.4 is 15.5 Å². The molecule has 0 saturated carbocycles. The topological polar surface area (TPSA) is 58.3 Å². The Morgan fingerprint density at radius 1 is 1.19 bits per heavy atom. The molecule has 1 aromatic rings. The Hall–Kier alpha value is -1.52. The van der Waals surface area contributed by atoms with Crippen molar-refractivity contribution in [2.24, 2.45) is 0 Å². The molecule has 2 heterocycles. The van der Waals surface area contributed by atoms with Crippen molar-refractivity contribution >= 4 is 17.3 Å². The van der Waals surface area contributed by atoms with Gasteiger partial charge in [-0.15, -0.1) is 0 Å². The van der Waals surface area contributed by atoms with E-state index in [0.717, 1.165) is 24.7 Å².